The van der Waals surface area contributed by atoms with Crippen LogP contribution in [-0.4, -0.2) is 53.9 Å². The summed E-state index contributed by atoms with van der Waals surface area (Å²) in [6, 6.07) is 15.9. The molecule has 198 valence electrons. The number of anilines is 1. The van der Waals surface area contributed by atoms with Crippen LogP contribution in [0, 0.1) is 5.82 Å². The first-order chi connectivity index (χ1) is 18.5. The maximum absolute atomic E-state index is 13.4. The molecule has 2 N–H and O–H groups in total. The third-order valence-electron chi connectivity index (χ3n) is 6.83. The van der Waals surface area contributed by atoms with Crippen molar-refractivity contribution in [1.82, 2.24) is 24.2 Å². The molecule has 0 aliphatic carbocycles. The maximum Gasteiger partial charge on any atom is 0.244 e. The smallest absolute Gasteiger partial charge is 0.244 e. The number of sulfonamides is 1. The van der Waals surface area contributed by atoms with E-state index >= 15 is 0 Å². The lowest BCUT2D eigenvalue weighted by Crippen LogP contribution is -2.36. The normalized spacial score (nSPS) is 13.8. The highest BCUT2D eigenvalue weighted by atomic mass is 32.2. The van der Waals surface area contributed by atoms with Crippen LogP contribution < -0.4 is 10.6 Å². The van der Waals surface area contributed by atoms with E-state index in [1.165, 1.54) is 22.6 Å². The van der Waals surface area contributed by atoms with Gasteiger partial charge in [0, 0.05) is 44.5 Å². The second-order valence-corrected chi connectivity index (χ2v) is 11.2. The molecule has 4 aromatic rings. The van der Waals surface area contributed by atoms with Crippen LogP contribution in [0.5, 0.6) is 0 Å². The van der Waals surface area contributed by atoms with Gasteiger partial charge in [-0.2, -0.15) is 4.31 Å². The van der Waals surface area contributed by atoms with Crippen LogP contribution >= 0.6 is 0 Å². The molecule has 0 fully saturated rings. The summed E-state index contributed by atoms with van der Waals surface area (Å²) in [5, 5.41) is 6.20. The van der Waals surface area contributed by atoms with Gasteiger partial charge < -0.3 is 15.2 Å². The third kappa shape index (κ3) is 5.62. The van der Waals surface area contributed by atoms with Crippen molar-refractivity contribution in [1.29, 1.82) is 0 Å². The summed E-state index contributed by atoms with van der Waals surface area (Å²) in [4.78, 5) is 8.85. The number of hydrogen-bond donors (Lipinski definition) is 2. The van der Waals surface area contributed by atoms with Gasteiger partial charge in [0.05, 0.1) is 18.2 Å². The van der Waals surface area contributed by atoms with Crippen LogP contribution in [0.15, 0.2) is 78.2 Å². The zero-order valence-corrected chi connectivity index (χ0v) is 22.1. The Balaban J connectivity index is 1.32. The van der Waals surface area contributed by atoms with Crippen molar-refractivity contribution in [3.8, 4) is 11.3 Å². The summed E-state index contributed by atoms with van der Waals surface area (Å²) in [7, 11) is -1.81. The van der Waals surface area contributed by atoms with Crippen molar-refractivity contribution in [2.75, 3.05) is 32.0 Å². The van der Waals surface area contributed by atoms with E-state index in [2.05, 4.69) is 31.2 Å². The van der Waals surface area contributed by atoms with Gasteiger partial charge in [-0.3, -0.25) is 0 Å². The SMILES string of the molecule is CNCCNc1ccc(S(=O)(=O)N2CCc3c(cccc3-c3cncn3CCc3ccc(F)cc3)C2)cn1. The largest absolute Gasteiger partial charge is 0.369 e. The molecule has 0 bridgehead atoms. The van der Waals surface area contributed by atoms with Crippen LogP contribution in [-0.2, 0) is 36.0 Å². The number of nitrogens with zero attached hydrogens (tertiary/aromatic N) is 4. The predicted molar refractivity (Wildman–Crippen MR) is 146 cm³/mol. The first-order valence-corrected chi connectivity index (χ1v) is 14.1. The minimum Gasteiger partial charge on any atom is -0.369 e. The zero-order valence-electron chi connectivity index (χ0n) is 21.3. The molecule has 0 radical (unpaired) electrons. The highest BCUT2D eigenvalue weighted by Gasteiger charge is 2.30. The number of halogens is 1. The monoisotopic (exact) mass is 534 g/mol. The van der Waals surface area contributed by atoms with E-state index in [1.807, 2.05) is 31.7 Å². The first kappa shape index (κ1) is 26.0. The number of imidazole rings is 1. The molecule has 10 heteroatoms. The van der Waals surface area contributed by atoms with Crippen molar-refractivity contribution < 1.29 is 12.8 Å². The van der Waals surface area contributed by atoms with Crippen molar-refractivity contribution in [3.63, 3.8) is 0 Å². The molecule has 1 aliphatic rings. The molecule has 8 nitrogen and oxygen atoms in total. The number of nitrogens with one attached hydrogen (secondary N) is 2. The first-order valence-electron chi connectivity index (χ1n) is 12.7. The molecule has 0 saturated carbocycles. The van der Waals surface area contributed by atoms with E-state index in [9.17, 15) is 12.8 Å². The number of hydrogen-bond acceptors (Lipinski definition) is 6. The number of pyridine rings is 1. The van der Waals surface area contributed by atoms with E-state index in [0.717, 1.165) is 40.9 Å². The topological polar surface area (TPSA) is 92.1 Å². The molecule has 2 aromatic heterocycles. The Morgan fingerprint density at radius 1 is 1.03 bits per heavy atom. The lowest BCUT2D eigenvalue weighted by atomic mass is 9.94. The summed E-state index contributed by atoms with van der Waals surface area (Å²) in [6.45, 7) is 2.88. The Morgan fingerprint density at radius 2 is 1.87 bits per heavy atom. The molecule has 0 unspecified atom stereocenters. The number of benzene rings is 2. The quantitative estimate of drug-likeness (QED) is 0.302. The molecule has 0 saturated heterocycles. The molecule has 0 spiro atoms. The summed E-state index contributed by atoms with van der Waals surface area (Å²) >= 11 is 0. The number of aryl methyl sites for hydroxylation is 2. The van der Waals surface area contributed by atoms with Gasteiger partial charge in [0.2, 0.25) is 10.0 Å². The molecule has 5 rings (SSSR count). The second-order valence-electron chi connectivity index (χ2n) is 9.29. The zero-order chi connectivity index (χ0) is 26.5. The lowest BCUT2D eigenvalue weighted by molar-refractivity contribution is 0.391. The van der Waals surface area contributed by atoms with Crippen LogP contribution in [0.4, 0.5) is 10.2 Å². The molecule has 0 amide bonds. The lowest BCUT2D eigenvalue weighted by Gasteiger charge is -2.29. The van der Waals surface area contributed by atoms with Crippen molar-refractivity contribution in [2.45, 2.75) is 30.8 Å². The molecule has 38 heavy (non-hydrogen) atoms. The average Bonchev–Trinajstić information content (AvgIpc) is 3.41. The summed E-state index contributed by atoms with van der Waals surface area (Å²) in [5.74, 6) is 0.401. The van der Waals surface area contributed by atoms with E-state index in [1.54, 1.807) is 24.3 Å². The Bertz CT molecular complexity index is 1490. The van der Waals surface area contributed by atoms with Gasteiger partial charge in [0.15, 0.2) is 0 Å². The van der Waals surface area contributed by atoms with Gasteiger partial charge in [0.1, 0.15) is 16.5 Å². The van der Waals surface area contributed by atoms with Gasteiger partial charge in [-0.05, 0) is 60.8 Å². The standard InChI is InChI=1S/C28H31FN6O2S/c1-30-13-14-32-28-10-9-24(17-33-28)38(36,37)35-16-12-25-22(19-35)3-2-4-26(25)27-18-31-20-34(27)15-11-21-5-7-23(29)8-6-21/h2-10,17-18,20,30H,11-16,19H2,1H3,(H,32,33). The van der Waals surface area contributed by atoms with Crippen LogP contribution in [0.1, 0.15) is 16.7 Å². The highest BCUT2D eigenvalue weighted by molar-refractivity contribution is 7.89. The fourth-order valence-electron chi connectivity index (χ4n) is 4.75. The molecule has 0 atom stereocenters. The molecular formula is C28H31FN6O2S. The van der Waals surface area contributed by atoms with Crippen molar-refractivity contribution in [3.05, 3.63) is 95.8 Å². The van der Waals surface area contributed by atoms with Gasteiger partial charge >= 0.3 is 0 Å². The predicted octanol–water partition coefficient (Wildman–Crippen LogP) is 3.71. The highest BCUT2D eigenvalue weighted by Crippen LogP contribution is 2.32. The Kier molecular flexibility index (Phi) is 7.82. The van der Waals surface area contributed by atoms with Crippen molar-refractivity contribution in [2.24, 2.45) is 0 Å². The van der Waals surface area contributed by atoms with Gasteiger partial charge in [-0.15, -0.1) is 0 Å². The number of aromatic nitrogens is 3. The second kappa shape index (κ2) is 11.4. The minimum atomic E-state index is -3.68. The number of rotatable bonds is 10. The fraction of sp³-hybridized carbons (Fsp3) is 0.286. The van der Waals surface area contributed by atoms with Gasteiger partial charge in [0.25, 0.3) is 0 Å². The number of likely N-dealkylation sites (N-methyl/N-ethyl adjacent to an activating group) is 1. The fourth-order valence-corrected chi connectivity index (χ4v) is 6.12. The van der Waals surface area contributed by atoms with Crippen LogP contribution in [0.3, 0.4) is 0 Å². The van der Waals surface area contributed by atoms with Gasteiger partial charge in [-0.25, -0.2) is 22.8 Å². The van der Waals surface area contributed by atoms with E-state index < -0.39 is 10.0 Å². The van der Waals surface area contributed by atoms with Crippen LogP contribution in [0.2, 0.25) is 0 Å². The minimum absolute atomic E-state index is 0.190. The maximum atomic E-state index is 13.4. The van der Waals surface area contributed by atoms with E-state index in [-0.39, 0.29) is 10.7 Å². The summed E-state index contributed by atoms with van der Waals surface area (Å²) < 4.78 is 43.7. The van der Waals surface area contributed by atoms with Crippen LogP contribution in [0.25, 0.3) is 11.3 Å². The number of fused-ring (bicyclic) bond motifs is 1. The van der Waals surface area contributed by atoms with Gasteiger partial charge in [-0.1, -0.05) is 30.3 Å². The van der Waals surface area contributed by atoms with Crippen molar-refractivity contribution >= 4 is 15.8 Å². The summed E-state index contributed by atoms with van der Waals surface area (Å²) in [6.07, 6.45) is 6.43. The molecule has 2 aromatic carbocycles. The molecule has 1 aliphatic heterocycles. The summed E-state index contributed by atoms with van der Waals surface area (Å²) in [5.41, 5.74) is 5.24. The average molecular weight is 535 g/mol. The Morgan fingerprint density at radius 3 is 2.63 bits per heavy atom. The molecule has 3 heterocycles. The van der Waals surface area contributed by atoms with E-state index in [4.69, 9.17) is 0 Å². The molecular weight excluding hydrogens is 503 g/mol. The third-order valence-corrected chi connectivity index (χ3v) is 8.66. The Labute approximate surface area is 222 Å². The Hall–Kier alpha value is -3.60. The van der Waals surface area contributed by atoms with E-state index in [0.29, 0.717) is 38.4 Å².